The van der Waals surface area contributed by atoms with Crippen LogP contribution in [0.15, 0.2) is 18.2 Å². The van der Waals surface area contributed by atoms with Crippen molar-refractivity contribution in [3.05, 3.63) is 29.6 Å². The van der Waals surface area contributed by atoms with Crippen LogP contribution in [0.3, 0.4) is 0 Å². The summed E-state index contributed by atoms with van der Waals surface area (Å²) in [5, 5.41) is 3.73. The van der Waals surface area contributed by atoms with Gasteiger partial charge in [-0.15, -0.1) is 0 Å². The second-order valence-corrected chi connectivity index (χ2v) is 6.28. The number of anilines is 1. The molecule has 104 valence electrons. The molecule has 1 spiro atoms. The molecular weight excluding hydrogens is 239 g/mol. The van der Waals surface area contributed by atoms with Crippen LogP contribution in [0.25, 0.3) is 0 Å². The van der Waals surface area contributed by atoms with Gasteiger partial charge in [0.25, 0.3) is 0 Å². The van der Waals surface area contributed by atoms with E-state index in [0.29, 0.717) is 6.04 Å². The van der Waals surface area contributed by atoms with Crippen LogP contribution in [-0.4, -0.2) is 24.7 Å². The lowest BCUT2D eigenvalue weighted by Gasteiger charge is -2.46. The molecule has 3 heteroatoms. The molecule has 19 heavy (non-hydrogen) atoms. The average molecular weight is 262 g/mol. The molecular formula is C16H23FN2. The van der Waals surface area contributed by atoms with Gasteiger partial charge in [-0.25, -0.2) is 4.39 Å². The van der Waals surface area contributed by atoms with Crippen LogP contribution < -0.4 is 10.2 Å². The number of benzene rings is 1. The molecule has 1 heterocycles. The van der Waals surface area contributed by atoms with E-state index in [-0.39, 0.29) is 11.4 Å². The topological polar surface area (TPSA) is 15.3 Å². The summed E-state index contributed by atoms with van der Waals surface area (Å²) in [4.78, 5) is 2.38. The third kappa shape index (κ3) is 2.36. The minimum absolute atomic E-state index is 0.0938. The van der Waals surface area contributed by atoms with Crippen LogP contribution in [0.4, 0.5) is 10.1 Å². The van der Waals surface area contributed by atoms with Gasteiger partial charge >= 0.3 is 0 Å². The molecule has 1 aliphatic heterocycles. The van der Waals surface area contributed by atoms with Gasteiger partial charge in [0.1, 0.15) is 5.82 Å². The molecule has 2 aliphatic rings. The molecule has 1 N–H and O–H groups in total. The van der Waals surface area contributed by atoms with Gasteiger partial charge in [0.2, 0.25) is 0 Å². The average Bonchev–Trinajstić information content (AvgIpc) is 2.85. The highest BCUT2D eigenvalue weighted by molar-refractivity contribution is 5.50. The van der Waals surface area contributed by atoms with E-state index in [1.165, 1.54) is 25.7 Å². The smallest absolute Gasteiger partial charge is 0.128 e. The monoisotopic (exact) mass is 262 g/mol. The molecule has 2 fully saturated rings. The Labute approximate surface area is 115 Å². The van der Waals surface area contributed by atoms with Gasteiger partial charge < -0.3 is 10.2 Å². The van der Waals surface area contributed by atoms with E-state index in [1.807, 2.05) is 13.0 Å². The number of piperazine rings is 1. The number of rotatable bonds is 1. The molecule has 2 nitrogen and oxygen atoms in total. The molecule has 3 rings (SSSR count). The van der Waals surface area contributed by atoms with Crippen molar-refractivity contribution in [3.63, 3.8) is 0 Å². The van der Waals surface area contributed by atoms with Crippen molar-refractivity contribution in [2.45, 2.75) is 51.1 Å². The van der Waals surface area contributed by atoms with Crippen LogP contribution in [0.2, 0.25) is 0 Å². The van der Waals surface area contributed by atoms with Gasteiger partial charge in [-0.1, -0.05) is 18.9 Å². The highest BCUT2D eigenvalue weighted by atomic mass is 19.1. The van der Waals surface area contributed by atoms with Crippen molar-refractivity contribution in [1.29, 1.82) is 0 Å². The van der Waals surface area contributed by atoms with Crippen LogP contribution >= 0.6 is 0 Å². The maximum absolute atomic E-state index is 13.8. The van der Waals surface area contributed by atoms with Crippen molar-refractivity contribution in [2.24, 2.45) is 0 Å². The number of halogens is 1. The predicted molar refractivity (Wildman–Crippen MR) is 77.1 cm³/mol. The van der Waals surface area contributed by atoms with Gasteiger partial charge in [-0.05, 0) is 44.4 Å². The Balaban J connectivity index is 1.86. The first-order valence-corrected chi connectivity index (χ1v) is 7.37. The summed E-state index contributed by atoms with van der Waals surface area (Å²) in [6, 6.07) is 6.07. The largest absolute Gasteiger partial charge is 0.366 e. The Morgan fingerprint density at radius 3 is 2.74 bits per heavy atom. The molecule has 0 aromatic heterocycles. The highest BCUT2D eigenvalue weighted by Crippen LogP contribution is 2.35. The SMILES string of the molecule is Cc1ccc(N2CC3(CCCC3)NCC2C)cc1F. The number of nitrogens with one attached hydrogen (secondary N) is 1. The third-order valence-corrected chi connectivity index (χ3v) is 4.83. The molecule has 1 atom stereocenters. The first kappa shape index (κ1) is 12.9. The van der Waals surface area contributed by atoms with Crippen molar-refractivity contribution in [3.8, 4) is 0 Å². The Bertz CT molecular complexity index is 466. The van der Waals surface area contributed by atoms with Gasteiger partial charge in [-0.3, -0.25) is 0 Å². The Morgan fingerprint density at radius 1 is 1.32 bits per heavy atom. The highest BCUT2D eigenvalue weighted by Gasteiger charge is 2.40. The summed E-state index contributed by atoms with van der Waals surface area (Å²) in [5.41, 5.74) is 2.03. The second-order valence-electron chi connectivity index (χ2n) is 6.28. The maximum atomic E-state index is 13.8. The summed E-state index contributed by atoms with van der Waals surface area (Å²) in [5.74, 6) is -0.0938. The van der Waals surface area contributed by atoms with Gasteiger partial charge in [0, 0.05) is 30.4 Å². The quantitative estimate of drug-likeness (QED) is 0.836. The van der Waals surface area contributed by atoms with E-state index in [9.17, 15) is 4.39 Å². The van der Waals surface area contributed by atoms with E-state index in [2.05, 4.69) is 23.2 Å². The molecule has 1 saturated heterocycles. The van der Waals surface area contributed by atoms with Crippen molar-refractivity contribution >= 4 is 5.69 Å². The summed E-state index contributed by atoms with van der Waals surface area (Å²) in [7, 11) is 0. The van der Waals surface area contributed by atoms with E-state index in [0.717, 1.165) is 24.3 Å². The first-order chi connectivity index (χ1) is 9.10. The molecule has 1 saturated carbocycles. The van der Waals surface area contributed by atoms with Gasteiger partial charge in [0.15, 0.2) is 0 Å². The standard InChI is InChI=1S/C16H23FN2/c1-12-5-6-14(9-15(12)17)19-11-16(7-3-4-8-16)18-10-13(19)2/h5-6,9,13,18H,3-4,7-8,10-11H2,1-2H3. The fourth-order valence-corrected chi connectivity index (χ4v) is 3.51. The Kier molecular flexibility index (Phi) is 3.25. The zero-order valence-corrected chi connectivity index (χ0v) is 11.9. The van der Waals surface area contributed by atoms with E-state index < -0.39 is 0 Å². The zero-order chi connectivity index (χ0) is 13.5. The summed E-state index contributed by atoms with van der Waals surface area (Å²) >= 11 is 0. The minimum Gasteiger partial charge on any atom is -0.366 e. The molecule has 1 unspecified atom stereocenters. The fraction of sp³-hybridized carbons (Fsp3) is 0.625. The van der Waals surface area contributed by atoms with Crippen LogP contribution in [0, 0.1) is 12.7 Å². The summed E-state index contributed by atoms with van der Waals surface area (Å²) < 4.78 is 13.8. The lowest BCUT2D eigenvalue weighted by atomic mass is 9.92. The predicted octanol–water partition coefficient (Wildman–Crippen LogP) is 3.25. The number of hydrogen-bond donors (Lipinski definition) is 1. The minimum atomic E-state index is -0.0938. The number of hydrogen-bond acceptors (Lipinski definition) is 2. The fourth-order valence-electron chi connectivity index (χ4n) is 3.51. The van der Waals surface area contributed by atoms with Gasteiger partial charge in [0.05, 0.1) is 0 Å². The molecule has 0 amide bonds. The van der Waals surface area contributed by atoms with Crippen molar-refractivity contribution < 1.29 is 4.39 Å². The maximum Gasteiger partial charge on any atom is 0.128 e. The lowest BCUT2D eigenvalue weighted by Crippen LogP contribution is -2.62. The first-order valence-electron chi connectivity index (χ1n) is 7.37. The second kappa shape index (κ2) is 4.78. The van der Waals surface area contributed by atoms with Crippen LogP contribution in [0.5, 0.6) is 0 Å². The Morgan fingerprint density at radius 2 is 2.05 bits per heavy atom. The Hall–Kier alpha value is -1.09. The van der Waals surface area contributed by atoms with Crippen molar-refractivity contribution in [1.82, 2.24) is 5.32 Å². The molecule has 1 aromatic rings. The van der Waals surface area contributed by atoms with Crippen LogP contribution in [0.1, 0.15) is 38.2 Å². The van der Waals surface area contributed by atoms with Gasteiger partial charge in [-0.2, -0.15) is 0 Å². The molecule has 0 bridgehead atoms. The van der Waals surface area contributed by atoms with E-state index in [1.54, 1.807) is 6.07 Å². The summed E-state index contributed by atoms with van der Waals surface area (Å²) in [6.45, 7) is 6.04. The number of aryl methyl sites for hydroxylation is 1. The van der Waals surface area contributed by atoms with Crippen LogP contribution in [-0.2, 0) is 0 Å². The normalized spacial score (nSPS) is 26.1. The zero-order valence-electron chi connectivity index (χ0n) is 11.9. The van der Waals surface area contributed by atoms with E-state index in [4.69, 9.17) is 0 Å². The number of nitrogens with zero attached hydrogens (tertiary/aromatic N) is 1. The molecule has 0 radical (unpaired) electrons. The van der Waals surface area contributed by atoms with E-state index >= 15 is 0 Å². The molecule has 1 aromatic carbocycles. The third-order valence-electron chi connectivity index (χ3n) is 4.83. The lowest BCUT2D eigenvalue weighted by molar-refractivity contribution is 0.276. The van der Waals surface area contributed by atoms with Crippen molar-refractivity contribution in [2.75, 3.05) is 18.0 Å². The summed E-state index contributed by atoms with van der Waals surface area (Å²) in [6.07, 6.45) is 5.14. The molecule has 1 aliphatic carbocycles.